The zero-order valence-corrected chi connectivity index (χ0v) is 14.6. The molecule has 1 aromatic heterocycles. The number of nitrogens with one attached hydrogen (secondary N) is 1. The van der Waals surface area contributed by atoms with Crippen molar-refractivity contribution in [3.05, 3.63) is 20.8 Å². The molecule has 1 rings (SSSR count). The molecule has 20 heavy (non-hydrogen) atoms. The Morgan fingerprint density at radius 3 is 2.90 bits per heavy atom. The van der Waals surface area contributed by atoms with E-state index >= 15 is 0 Å². The lowest BCUT2D eigenvalue weighted by molar-refractivity contribution is 0.0356. The van der Waals surface area contributed by atoms with E-state index in [1.54, 1.807) is 11.3 Å². The van der Waals surface area contributed by atoms with E-state index in [-0.39, 0.29) is 0 Å². The monoisotopic (exact) mass is 363 g/mol. The van der Waals surface area contributed by atoms with Crippen LogP contribution in [0.1, 0.15) is 37.5 Å². The number of halogens is 1. The van der Waals surface area contributed by atoms with E-state index in [2.05, 4.69) is 40.3 Å². The van der Waals surface area contributed by atoms with Gasteiger partial charge in [-0.25, -0.2) is 0 Å². The van der Waals surface area contributed by atoms with Crippen LogP contribution in [0.3, 0.4) is 0 Å². The van der Waals surface area contributed by atoms with Gasteiger partial charge in [-0.1, -0.05) is 26.2 Å². The highest BCUT2D eigenvalue weighted by Crippen LogP contribution is 2.21. The molecule has 0 spiro atoms. The molecule has 0 aliphatic heterocycles. The fourth-order valence-corrected chi connectivity index (χ4v) is 3.36. The maximum Gasteiger partial charge on any atom is 0.0897 e. The van der Waals surface area contributed by atoms with Gasteiger partial charge in [0.2, 0.25) is 0 Å². The van der Waals surface area contributed by atoms with Gasteiger partial charge in [0.05, 0.1) is 16.5 Å². The minimum Gasteiger partial charge on any atom is -0.389 e. The number of rotatable bonds is 12. The van der Waals surface area contributed by atoms with Crippen molar-refractivity contribution in [2.45, 2.75) is 45.1 Å². The summed E-state index contributed by atoms with van der Waals surface area (Å²) >= 11 is 5.22. The van der Waals surface area contributed by atoms with Gasteiger partial charge in [-0.2, -0.15) is 0 Å². The van der Waals surface area contributed by atoms with Crippen LogP contribution in [0.5, 0.6) is 0 Å². The summed E-state index contributed by atoms with van der Waals surface area (Å²) in [5.74, 6) is 0. The number of aliphatic hydroxyl groups is 1. The van der Waals surface area contributed by atoms with Gasteiger partial charge in [-0.3, -0.25) is 0 Å². The van der Waals surface area contributed by atoms with Gasteiger partial charge in [-0.15, -0.1) is 11.3 Å². The molecule has 0 aromatic carbocycles. The largest absolute Gasteiger partial charge is 0.389 e. The van der Waals surface area contributed by atoms with Crippen molar-refractivity contribution in [3.63, 3.8) is 0 Å². The van der Waals surface area contributed by atoms with Crippen molar-refractivity contribution in [3.8, 4) is 0 Å². The van der Waals surface area contributed by atoms with Crippen molar-refractivity contribution >= 4 is 27.3 Å². The summed E-state index contributed by atoms with van der Waals surface area (Å²) in [5, 5.41) is 13.0. The molecule has 0 amide bonds. The number of unbranched alkanes of at least 4 members (excludes halogenated alkanes) is 3. The van der Waals surface area contributed by atoms with Crippen molar-refractivity contribution < 1.29 is 9.84 Å². The van der Waals surface area contributed by atoms with E-state index < -0.39 is 6.10 Å². The van der Waals surface area contributed by atoms with Crippen molar-refractivity contribution in [2.24, 2.45) is 0 Å². The molecule has 2 N–H and O–H groups in total. The fraction of sp³-hybridized carbons (Fsp3) is 0.733. The molecule has 1 heterocycles. The quantitative estimate of drug-likeness (QED) is 0.557. The first-order valence-electron chi connectivity index (χ1n) is 7.43. The second-order valence-corrected chi connectivity index (χ2v) is 7.50. The van der Waals surface area contributed by atoms with Crippen LogP contribution in [-0.4, -0.2) is 37.5 Å². The summed E-state index contributed by atoms with van der Waals surface area (Å²) < 4.78 is 6.64. The highest BCUT2D eigenvalue weighted by Gasteiger charge is 2.04. The minimum atomic E-state index is -0.406. The number of ether oxygens (including phenoxy) is 1. The summed E-state index contributed by atoms with van der Waals surface area (Å²) in [4.78, 5) is 1.35. The molecule has 0 aliphatic carbocycles. The smallest absolute Gasteiger partial charge is 0.0897 e. The summed E-state index contributed by atoms with van der Waals surface area (Å²) in [6.45, 7) is 4.89. The third-order valence-electron chi connectivity index (χ3n) is 3.01. The van der Waals surface area contributed by atoms with Crippen LogP contribution < -0.4 is 5.32 Å². The van der Waals surface area contributed by atoms with Gasteiger partial charge >= 0.3 is 0 Å². The highest BCUT2D eigenvalue weighted by molar-refractivity contribution is 9.11. The minimum absolute atomic E-state index is 0.406. The molecular formula is C15H26BrNO2S. The first kappa shape index (κ1) is 18.1. The predicted octanol–water partition coefficient (Wildman–Crippen LogP) is 3.60. The van der Waals surface area contributed by atoms with Crippen LogP contribution in [0.15, 0.2) is 15.9 Å². The molecule has 0 aliphatic rings. The molecule has 0 saturated carbocycles. The Hall–Kier alpha value is 0.0600. The number of hydrogen-bond acceptors (Lipinski definition) is 4. The Labute approximate surface area is 134 Å². The van der Waals surface area contributed by atoms with E-state index in [4.69, 9.17) is 4.74 Å². The molecule has 1 atom stereocenters. The van der Waals surface area contributed by atoms with Gasteiger partial charge in [0.15, 0.2) is 0 Å². The van der Waals surface area contributed by atoms with E-state index in [0.717, 1.165) is 26.0 Å². The van der Waals surface area contributed by atoms with Gasteiger partial charge in [0.1, 0.15) is 0 Å². The van der Waals surface area contributed by atoms with Crippen LogP contribution >= 0.6 is 27.3 Å². The van der Waals surface area contributed by atoms with Gasteiger partial charge in [-0.05, 0) is 40.9 Å². The number of hydrogen-bond donors (Lipinski definition) is 2. The van der Waals surface area contributed by atoms with Crippen LogP contribution in [0.2, 0.25) is 0 Å². The zero-order valence-electron chi connectivity index (χ0n) is 12.2. The third kappa shape index (κ3) is 9.08. The molecule has 1 aromatic rings. The fourth-order valence-electron chi connectivity index (χ4n) is 1.88. The molecule has 0 bridgehead atoms. The van der Waals surface area contributed by atoms with E-state index in [9.17, 15) is 5.11 Å². The highest BCUT2D eigenvalue weighted by atomic mass is 79.9. The third-order valence-corrected chi connectivity index (χ3v) is 4.69. The molecule has 0 radical (unpaired) electrons. The Bertz CT molecular complexity index is 346. The number of aliphatic hydroxyl groups excluding tert-OH is 1. The first-order chi connectivity index (χ1) is 9.72. The number of thiophene rings is 1. The van der Waals surface area contributed by atoms with Crippen LogP contribution in [0, 0.1) is 0 Å². The lowest BCUT2D eigenvalue weighted by atomic mass is 10.2. The van der Waals surface area contributed by atoms with Crippen molar-refractivity contribution in [2.75, 3.05) is 26.3 Å². The Morgan fingerprint density at radius 1 is 1.35 bits per heavy atom. The Morgan fingerprint density at radius 2 is 2.20 bits per heavy atom. The lowest BCUT2D eigenvalue weighted by Crippen LogP contribution is -2.31. The SMILES string of the molecule is CCCCCCOCC(O)CNCCc1ccc(Br)s1. The standard InChI is InChI=1S/C15H26BrNO2S/c1-2-3-4-5-10-19-12-13(18)11-17-9-8-14-6-7-15(16)20-14/h6-7,13,17-18H,2-5,8-12H2,1H3. The van der Waals surface area contributed by atoms with Crippen LogP contribution in [0.25, 0.3) is 0 Å². The van der Waals surface area contributed by atoms with Gasteiger partial charge < -0.3 is 15.2 Å². The topological polar surface area (TPSA) is 41.5 Å². The van der Waals surface area contributed by atoms with E-state index in [1.165, 1.54) is 27.9 Å². The average molecular weight is 364 g/mol. The maximum absolute atomic E-state index is 9.76. The summed E-state index contributed by atoms with van der Waals surface area (Å²) in [6, 6.07) is 4.20. The predicted molar refractivity (Wildman–Crippen MR) is 89.6 cm³/mol. The summed E-state index contributed by atoms with van der Waals surface area (Å²) in [6.07, 6.45) is 5.43. The molecule has 3 nitrogen and oxygen atoms in total. The molecule has 0 fully saturated rings. The molecular weight excluding hydrogens is 338 g/mol. The zero-order chi connectivity index (χ0) is 14.6. The molecule has 5 heteroatoms. The molecule has 0 saturated heterocycles. The molecule has 116 valence electrons. The second kappa shape index (κ2) is 11.7. The van der Waals surface area contributed by atoms with Gasteiger partial charge in [0.25, 0.3) is 0 Å². The normalized spacial score (nSPS) is 12.8. The maximum atomic E-state index is 9.76. The summed E-state index contributed by atoms with van der Waals surface area (Å²) in [5.41, 5.74) is 0. The Kier molecular flexibility index (Phi) is 10.6. The van der Waals surface area contributed by atoms with Crippen LogP contribution in [0.4, 0.5) is 0 Å². The van der Waals surface area contributed by atoms with Crippen molar-refractivity contribution in [1.82, 2.24) is 5.32 Å². The second-order valence-electron chi connectivity index (χ2n) is 4.95. The van der Waals surface area contributed by atoms with Gasteiger partial charge in [0, 0.05) is 24.6 Å². The van der Waals surface area contributed by atoms with Crippen LogP contribution in [-0.2, 0) is 11.2 Å². The Balaban J connectivity index is 1.91. The van der Waals surface area contributed by atoms with E-state index in [0.29, 0.717) is 13.2 Å². The van der Waals surface area contributed by atoms with E-state index in [1.807, 2.05) is 0 Å². The van der Waals surface area contributed by atoms with Crippen molar-refractivity contribution in [1.29, 1.82) is 0 Å². The average Bonchev–Trinajstić information content (AvgIpc) is 2.84. The first-order valence-corrected chi connectivity index (χ1v) is 9.04. The molecule has 1 unspecified atom stereocenters. The lowest BCUT2D eigenvalue weighted by Gasteiger charge is -2.12. The summed E-state index contributed by atoms with van der Waals surface area (Å²) in [7, 11) is 0.